The van der Waals surface area contributed by atoms with E-state index in [2.05, 4.69) is 5.32 Å². The van der Waals surface area contributed by atoms with Crippen molar-refractivity contribution >= 4 is 28.5 Å². The highest BCUT2D eigenvalue weighted by molar-refractivity contribution is 8.14. The highest BCUT2D eigenvalue weighted by Crippen LogP contribution is 2.40. The Morgan fingerprint density at radius 2 is 2.12 bits per heavy atom. The van der Waals surface area contributed by atoms with Gasteiger partial charge in [-0.2, -0.15) is 0 Å². The number of anilines is 1. The van der Waals surface area contributed by atoms with E-state index in [0.29, 0.717) is 10.6 Å². The van der Waals surface area contributed by atoms with Gasteiger partial charge in [0.1, 0.15) is 5.54 Å². The Morgan fingerprint density at radius 3 is 2.75 bits per heavy atom. The monoisotopic (exact) mass is 237 g/mol. The lowest BCUT2D eigenvalue weighted by atomic mass is 10.1. The molecular weight excluding hydrogens is 226 g/mol. The summed E-state index contributed by atoms with van der Waals surface area (Å²) in [6.07, 6.45) is 0. The van der Waals surface area contributed by atoms with Crippen LogP contribution in [0.5, 0.6) is 0 Å². The van der Waals surface area contributed by atoms with Gasteiger partial charge < -0.3 is 10.4 Å². The fraction of sp³-hybridized carbons (Fsp3) is 0.273. The van der Waals surface area contributed by atoms with Crippen molar-refractivity contribution in [2.75, 3.05) is 5.32 Å². The quantitative estimate of drug-likeness (QED) is 0.783. The maximum atomic E-state index is 11.8. The van der Waals surface area contributed by atoms with Gasteiger partial charge in [0.25, 0.3) is 0 Å². The van der Waals surface area contributed by atoms with Crippen molar-refractivity contribution in [2.45, 2.75) is 24.3 Å². The molecule has 1 aliphatic heterocycles. The van der Waals surface area contributed by atoms with Gasteiger partial charge in [0.2, 0.25) is 5.12 Å². The molecule has 1 heterocycles. The molecule has 1 aromatic rings. The lowest BCUT2D eigenvalue weighted by Crippen LogP contribution is -2.41. The van der Waals surface area contributed by atoms with Gasteiger partial charge in [0.15, 0.2) is 0 Å². The maximum Gasteiger partial charge on any atom is 0.336 e. The minimum atomic E-state index is -1.02. The van der Waals surface area contributed by atoms with E-state index in [1.54, 1.807) is 26.0 Å². The summed E-state index contributed by atoms with van der Waals surface area (Å²) in [7, 11) is 0. The largest absolute Gasteiger partial charge is 0.478 e. The number of aromatic carboxylic acids is 1. The molecule has 16 heavy (non-hydrogen) atoms. The van der Waals surface area contributed by atoms with Crippen molar-refractivity contribution in [2.24, 2.45) is 0 Å². The molecular formula is C11H11NO3S. The number of rotatable bonds is 1. The second-order valence-corrected chi connectivity index (χ2v) is 5.11. The summed E-state index contributed by atoms with van der Waals surface area (Å²) < 4.78 is 0. The highest BCUT2D eigenvalue weighted by atomic mass is 32.2. The SMILES string of the molecule is CC1(C)Nc2cccc(C(=O)O)c2SC1=O. The molecule has 0 fully saturated rings. The first-order valence-electron chi connectivity index (χ1n) is 4.78. The summed E-state index contributed by atoms with van der Waals surface area (Å²) >= 11 is 0.992. The average Bonchev–Trinajstić information content (AvgIpc) is 2.18. The van der Waals surface area contributed by atoms with Crippen molar-refractivity contribution in [3.05, 3.63) is 23.8 Å². The summed E-state index contributed by atoms with van der Waals surface area (Å²) in [5.41, 5.74) is 0.211. The third-order valence-corrected chi connectivity index (χ3v) is 3.74. The lowest BCUT2D eigenvalue weighted by Gasteiger charge is -2.31. The van der Waals surface area contributed by atoms with Crippen LogP contribution in [0, 0.1) is 0 Å². The van der Waals surface area contributed by atoms with Gasteiger partial charge in [0.05, 0.1) is 10.5 Å². The number of nitrogens with one attached hydrogen (secondary N) is 1. The smallest absolute Gasteiger partial charge is 0.336 e. The second-order valence-electron chi connectivity index (χ2n) is 4.13. The molecule has 1 aromatic carbocycles. The Bertz CT molecular complexity index is 482. The van der Waals surface area contributed by atoms with Crippen LogP contribution in [0.25, 0.3) is 0 Å². The van der Waals surface area contributed by atoms with Crippen LogP contribution in [0.2, 0.25) is 0 Å². The number of carbonyl (C=O) groups is 2. The fourth-order valence-corrected chi connectivity index (χ4v) is 2.51. The Kier molecular flexibility index (Phi) is 2.42. The van der Waals surface area contributed by atoms with Crippen LogP contribution in [-0.2, 0) is 4.79 Å². The van der Waals surface area contributed by atoms with Gasteiger partial charge >= 0.3 is 5.97 Å². The summed E-state index contributed by atoms with van der Waals surface area (Å²) in [6.45, 7) is 3.55. The van der Waals surface area contributed by atoms with Gasteiger partial charge in [-0.1, -0.05) is 6.07 Å². The number of thioether (sulfide) groups is 1. The number of hydrogen-bond donors (Lipinski definition) is 2. The van der Waals surface area contributed by atoms with E-state index in [-0.39, 0.29) is 10.7 Å². The normalized spacial score (nSPS) is 17.5. The molecule has 1 aliphatic rings. The molecule has 0 aromatic heterocycles. The van der Waals surface area contributed by atoms with Gasteiger partial charge in [-0.05, 0) is 37.7 Å². The Hall–Kier alpha value is -1.49. The predicted molar refractivity (Wildman–Crippen MR) is 62.0 cm³/mol. The number of benzene rings is 1. The molecule has 4 nitrogen and oxygen atoms in total. The molecule has 2 rings (SSSR count). The van der Waals surface area contributed by atoms with Gasteiger partial charge in [0, 0.05) is 5.69 Å². The molecule has 0 saturated heterocycles. The van der Waals surface area contributed by atoms with Crippen LogP contribution in [0.3, 0.4) is 0 Å². The zero-order valence-corrected chi connectivity index (χ0v) is 9.72. The van der Waals surface area contributed by atoms with E-state index in [9.17, 15) is 9.59 Å². The second kappa shape index (κ2) is 3.52. The zero-order valence-electron chi connectivity index (χ0n) is 8.90. The standard InChI is InChI=1S/C11H11NO3S/c1-11(2)10(15)16-8-6(9(13)14)4-3-5-7(8)12-11/h3-5,12H,1-2H3,(H,13,14). The van der Waals surface area contributed by atoms with Gasteiger partial charge in [-0.25, -0.2) is 4.79 Å². The summed E-state index contributed by atoms with van der Waals surface area (Å²) in [5, 5.41) is 12.0. The minimum absolute atomic E-state index is 0.0753. The molecule has 84 valence electrons. The van der Waals surface area contributed by atoms with Crippen LogP contribution in [-0.4, -0.2) is 21.7 Å². The summed E-state index contributed by atoms with van der Waals surface area (Å²) in [5.74, 6) is -1.02. The number of carbonyl (C=O) groups excluding carboxylic acids is 1. The molecule has 0 saturated carbocycles. The van der Waals surface area contributed by atoms with E-state index in [1.165, 1.54) is 6.07 Å². The summed E-state index contributed by atoms with van der Waals surface area (Å²) in [6, 6.07) is 4.95. The van der Waals surface area contributed by atoms with Gasteiger partial charge in [-0.15, -0.1) is 0 Å². The molecule has 0 atom stereocenters. The maximum absolute atomic E-state index is 11.8. The topological polar surface area (TPSA) is 66.4 Å². The van der Waals surface area contributed by atoms with Crippen molar-refractivity contribution in [1.82, 2.24) is 0 Å². The predicted octanol–water partition coefficient (Wildman–Crippen LogP) is 2.21. The van der Waals surface area contributed by atoms with Crippen molar-refractivity contribution < 1.29 is 14.7 Å². The van der Waals surface area contributed by atoms with Crippen LogP contribution < -0.4 is 5.32 Å². The number of carboxylic acid groups (broad SMARTS) is 1. The highest BCUT2D eigenvalue weighted by Gasteiger charge is 2.35. The van der Waals surface area contributed by atoms with E-state index in [0.717, 1.165) is 11.8 Å². The molecule has 0 spiro atoms. The zero-order chi connectivity index (χ0) is 11.9. The van der Waals surface area contributed by atoms with Crippen LogP contribution in [0.4, 0.5) is 5.69 Å². The first-order chi connectivity index (χ1) is 7.42. The molecule has 5 heteroatoms. The van der Waals surface area contributed by atoms with E-state index >= 15 is 0 Å². The Balaban J connectivity index is 2.55. The van der Waals surface area contributed by atoms with E-state index in [1.807, 2.05) is 0 Å². The Labute approximate surface area is 97.0 Å². The Morgan fingerprint density at radius 1 is 1.44 bits per heavy atom. The fourth-order valence-electron chi connectivity index (χ4n) is 1.52. The number of carboxylic acids is 1. The van der Waals surface area contributed by atoms with Crippen LogP contribution in [0.15, 0.2) is 23.1 Å². The van der Waals surface area contributed by atoms with E-state index < -0.39 is 11.5 Å². The van der Waals surface area contributed by atoms with Crippen molar-refractivity contribution in [1.29, 1.82) is 0 Å². The summed E-state index contributed by atoms with van der Waals surface area (Å²) in [4.78, 5) is 23.2. The number of hydrogen-bond acceptors (Lipinski definition) is 4. The van der Waals surface area contributed by atoms with Gasteiger partial charge in [-0.3, -0.25) is 4.79 Å². The van der Waals surface area contributed by atoms with Crippen molar-refractivity contribution in [3.63, 3.8) is 0 Å². The molecule has 2 N–H and O–H groups in total. The number of fused-ring (bicyclic) bond motifs is 1. The minimum Gasteiger partial charge on any atom is -0.478 e. The molecule has 0 unspecified atom stereocenters. The lowest BCUT2D eigenvalue weighted by molar-refractivity contribution is -0.114. The molecule has 0 radical (unpaired) electrons. The third-order valence-electron chi connectivity index (χ3n) is 2.40. The first-order valence-corrected chi connectivity index (χ1v) is 5.60. The first kappa shape index (κ1) is 11.0. The average molecular weight is 237 g/mol. The molecule has 0 aliphatic carbocycles. The van der Waals surface area contributed by atoms with Crippen LogP contribution >= 0.6 is 11.8 Å². The van der Waals surface area contributed by atoms with Crippen molar-refractivity contribution in [3.8, 4) is 0 Å². The van der Waals surface area contributed by atoms with Crippen LogP contribution in [0.1, 0.15) is 24.2 Å². The van der Waals surface area contributed by atoms with E-state index in [4.69, 9.17) is 5.11 Å². The molecule has 0 bridgehead atoms. The third kappa shape index (κ3) is 1.67. The molecule has 0 amide bonds.